The molecule has 4 heteroatoms. The second-order valence-electron chi connectivity index (χ2n) is 3.29. The van der Waals surface area contributed by atoms with Crippen molar-refractivity contribution in [3.8, 4) is 11.3 Å². The highest BCUT2D eigenvalue weighted by atomic mass is 16.5. The van der Waals surface area contributed by atoms with Crippen molar-refractivity contribution in [1.82, 2.24) is 5.16 Å². The van der Waals surface area contributed by atoms with E-state index in [0.717, 1.165) is 16.8 Å². The SMILES string of the molecule is O=COC1c2noc(-c3ccccc3)c21. The van der Waals surface area contributed by atoms with Gasteiger partial charge >= 0.3 is 0 Å². The molecule has 0 saturated heterocycles. The normalized spacial score (nSPS) is 16.9. The summed E-state index contributed by atoms with van der Waals surface area (Å²) in [5, 5.41) is 3.83. The fourth-order valence-electron chi connectivity index (χ4n) is 1.65. The van der Waals surface area contributed by atoms with Crippen LogP contribution in [-0.2, 0) is 9.53 Å². The Morgan fingerprint density at radius 2 is 2.13 bits per heavy atom. The molecule has 0 aliphatic heterocycles. The Morgan fingerprint density at radius 1 is 1.33 bits per heavy atom. The summed E-state index contributed by atoms with van der Waals surface area (Å²) in [6.07, 6.45) is -0.286. The second kappa shape index (κ2) is 2.95. The number of hydrogen-bond donors (Lipinski definition) is 0. The minimum atomic E-state index is -0.286. The third-order valence-electron chi connectivity index (χ3n) is 2.41. The Labute approximate surface area is 85.5 Å². The van der Waals surface area contributed by atoms with Gasteiger partial charge in [-0.1, -0.05) is 35.5 Å². The molecular formula is C11H7NO3. The van der Waals surface area contributed by atoms with Gasteiger partial charge in [0.05, 0.1) is 5.56 Å². The molecule has 1 atom stereocenters. The highest BCUT2D eigenvalue weighted by molar-refractivity contribution is 5.70. The summed E-state index contributed by atoms with van der Waals surface area (Å²) in [4.78, 5) is 10.2. The van der Waals surface area contributed by atoms with E-state index in [1.54, 1.807) is 0 Å². The molecule has 74 valence electrons. The fourth-order valence-corrected chi connectivity index (χ4v) is 1.65. The maximum absolute atomic E-state index is 10.2. The van der Waals surface area contributed by atoms with E-state index in [4.69, 9.17) is 9.26 Å². The highest BCUT2D eigenvalue weighted by Gasteiger charge is 2.44. The van der Waals surface area contributed by atoms with Gasteiger partial charge in [-0.05, 0) is 0 Å². The van der Waals surface area contributed by atoms with Crippen molar-refractivity contribution in [1.29, 1.82) is 0 Å². The van der Waals surface area contributed by atoms with Gasteiger partial charge in [-0.3, -0.25) is 4.79 Å². The lowest BCUT2D eigenvalue weighted by Gasteiger charge is -1.97. The minimum absolute atomic E-state index is 0.286. The third-order valence-corrected chi connectivity index (χ3v) is 2.41. The molecule has 0 bridgehead atoms. The van der Waals surface area contributed by atoms with Crippen LogP contribution in [0.5, 0.6) is 0 Å². The quantitative estimate of drug-likeness (QED) is 0.712. The van der Waals surface area contributed by atoms with Crippen molar-refractivity contribution in [2.24, 2.45) is 0 Å². The largest absolute Gasteiger partial charge is 0.453 e. The van der Waals surface area contributed by atoms with Crippen LogP contribution >= 0.6 is 0 Å². The van der Waals surface area contributed by atoms with Crippen LogP contribution in [0.3, 0.4) is 0 Å². The average Bonchev–Trinajstić information content (AvgIpc) is 2.78. The molecule has 1 heterocycles. The number of benzene rings is 1. The maximum Gasteiger partial charge on any atom is 0.294 e. The minimum Gasteiger partial charge on any atom is -0.453 e. The second-order valence-corrected chi connectivity index (χ2v) is 3.29. The van der Waals surface area contributed by atoms with Crippen LogP contribution in [0.25, 0.3) is 11.3 Å². The molecule has 0 spiro atoms. The first kappa shape index (κ1) is 8.23. The van der Waals surface area contributed by atoms with Crippen molar-refractivity contribution in [3.05, 3.63) is 41.6 Å². The van der Waals surface area contributed by atoms with Crippen LogP contribution in [0.15, 0.2) is 34.9 Å². The predicted molar refractivity (Wildman–Crippen MR) is 50.9 cm³/mol. The van der Waals surface area contributed by atoms with E-state index in [2.05, 4.69) is 5.16 Å². The summed E-state index contributed by atoms with van der Waals surface area (Å²) in [6.45, 7) is 0.432. The topological polar surface area (TPSA) is 52.3 Å². The fraction of sp³-hybridized carbons (Fsp3) is 0.0909. The predicted octanol–water partition coefficient (Wildman–Crippen LogP) is 1.92. The molecule has 4 nitrogen and oxygen atoms in total. The van der Waals surface area contributed by atoms with E-state index in [1.165, 1.54) is 0 Å². The molecule has 15 heavy (non-hydrogen) atoms. The number of fused-ring (bicyclic) bond motifs is 1. The average molecular weight is 201 g/mol. The molecule has 1 aliphatic rings. The van der Waals surface area contributed by atoms with Gasteiger partial charge in [-0.2, -0.15) is 0 Å². The van der Waals surface area contributed by atoms with Crippen LogP contribution in [0.1, 0.15) is 17.4 Å². The smallest absolute Gasteiger partial charge is 0.294 e. The molecular weight excluding hydrogens is 194 g/mol. The van der Waals surface area contributed by atoms with Crippen LogP contribution in [0, 0.1) is 0 Å². The van der Waals surface area contributed by atoms with Gasteiger partial charge in [0.2, 0.25) is 0 Å². The van der Waals surface area contributed by atoms with E-state index in [0.29, 0.717) is 12.2 Å². The van der Waals surface area contributed by atoms with E-state index < -0.39 is 0 Å². The standard InChI is InChI=1S/C11H7NO3/c13-6-14-11-8-9(11)12-15-10(8)7-4-2-1-3-5-7/h1-6,11H. The zero-order valence-electron chi connectivity index (χ0n) is 7.71. The Bertz CT molecular complexity index is 504. The lowest BCUT2D eigenvalue weighted by atomic mass is 10.1. The lowest BCUT2D eigenvalue weighted by molar-refractivity contribution is -0.130. The summed E-state index contributed by atoms with van der Waals surface area (Å²) < 4.78 is 9.97. The van der Waals surface area contributed by atoms with Crippen molar-refractivity contribution >= 4 is 6.47 Å². The molecule has 2 aromatic rings. The van der Waals surface area contributed by atoms with Gasteiger partial charge in [-0.25, -0.2) is 0 Å². The monoisotopic (exact) mass is 201 g/mol. The first-order valence-corrected chi connectivity index (χ1v) is 4.56. The number of aromatic nitrogens is 1. The molecule has 0 radical (unpaired) electrons. The molecule has 0 saturated carbocycles. The molecule has 0 fully saturated rings. The molecule has 3 rings (SSSR count). The van der Waals surface area contributed by atoms with Gasteiger partial charge in [0.25, 0.3) is 6.47 Å². The van der Waals surface area contributed by atoms with Crippen molar-refractivity contribution < 1.29 is 14.1 Å². The number of nitrogens with zero attached hydrogens (tertiary/aromatic N) is 1. The van der Waals surface area contributed by atoms with Gasteiger partial charge in [0.1, 0.15) is 5.69 Å². The maximum atomic E-state index is 10.2. The van der Waals surface area contributed by atoms with Gasteiger partial charge < -0.3 is 9.26 Å². The number of carbonyl (C=O) groups excluding carboxylic acids is 1. The first-order chi connectivity index (χ1) is 7.42. The summed E-state index contributed by atoms with van der Waals surface area (Å²) in [5.41, 5.74) is 2.55. The zero-order chi connectivity index (χ0) is 10.3. The molecule has 0 amide bonds. The van der Waals surface area contributed by atoms with E-state index in [-0.39, 0.29) is 6.10 Å². The molecule has 1 unspecified atom stereocenters. The number of rotatable bonds is 3. The number of carbonyl (C=O) groups is 1. The Morgan fingerprint density at radius 3 is 2.87 bits per heavy atom. The van der Waals surface area contributed by atoms with Crippen molar-refractivity contribution in [3.63, 3.8) is 0 Å². The summed E-state index contributed by atoms with van der Waals surface area (Å²) in [7, 11) is 0. The lowest BCUT2D eigenvalue weighted by Crippen LogP contribution is -1.87. The zero-order valence-corrected chi connectivity index (χ0v) is 7.71. The first-order valence-electron chi connectivity index (χ1n) is 4.56. The molecule has 1 aliphatic carbocycles. The van der Waals surface area contributed by atoms with E-state index in [1.807, 2.05) is 30.3 Å². The molecule has 0 N–H and O–H groups in total. The van der Waals surface area contributed by atoms with Crippen molar-refractivity contribution in [2.45, 2.75) is 6.10 Å². The van der Waals surface area contributed by atoms with Gasteiger partial charge in [-0.15, -0.1) is 0 Å². The van der Waals surface area contributed by atoms with E-state index >= 15 is 0 Å². The van der Waals surface area contributed by atoms with Crippen LogP contribution in [0.4, 0.5) is 0 Å². The Balaban J connectivity index is 1.97. The third kappa shape index (κ3) is 1.15. The van der Waals surface area contributed by atoms with Crippen molar-refractivity contribution in [2.75, 3.05) is 0 Å². The van der Waals surface area contributed by atoms with Gasteiger partial charge in [0.15, 0.2) is 11.9 Å². The molecule has 1 aromatic heterocycles. The number of hydrogen-bond acceptors (Lipinski definition) is 4. The number of ether oxygens (including phenoxy) is 1. The van der Waals surface area contributed by atoms with Crippen LogP contribution in [0.2, 0.25) is 0 Å². The van der Waals surface area contributed by atoms with Gasteiger partial charge in [0, 0.05) is 5.56 Å². The summed E-state index contributed by atoms with van der Waals surface area (Å²) in [6, 6.07) is 9.62. The highest BCUT2D eigenvalue weighted by Crippen LogP contribution is 2.49. The Hall–Kier alpha value is -2.10. The molecule has 1 aromatic carbocycles. The summed E-state index contributed by atoms with van der Waals surface area (Å²) in [5.74, 6) is 0.692. The summed E-state index contributed by atoms with van der Waals surface area (Å²) >= 11 is 0. The Kier molecular flexibility index (Phi) is 1.62. The van der Waals surface area contributed by atoms with E-state index in [9.17, 15) is 4.79 Å². The van der Waals surface area contributed by atoms with Crippen LogP contribution < -0.4 is 0 Å². The van der Waals surface area contributed by atoms with Crippen LogP contribution in [-0.4, -0.2) is 11.6 Å².